The quantitative estimate of drug-likeness (QED) is 0.584. The minimum absolute atomic E-state index is 0.573. The van der Waals surface area contributed by atoms with E-state index in [-0.39, 0.29) is 0 Å². The Labute approximate surface area is 149 Å². The van der Waals surface area contributed by atoms with E-state index in [2.05, 4.69) is 25.5 Å². The lowest BCUT2D eigenvalue weighted by Gasteiger charge is -2.05. The predicted octanol–water partition coefficient (Wildman–Crippen LogP) is 4.99. The maximum Gasteiger partial charge on any atom is 0.227 e. The molecule has 6 nitrogen and oxygen atoms in total. The SMILES string of the molecule is CC.CCC=N.Cc1[nH]ncc1-c1ccnc(Nc2ccccc2)n1. The highest BCUT2D eigenvalue weighted by Gasteiger charge is 2.06. The molecule has 0 saturated carbocycles. The molecule has 0 radical (unpaired) electrons. The van der Waals surface area contributed by atoms with Gasteiger partial charge in [0.1, 0.15) is 0 Å². The first kappa shape index (κ1) is 20.0. The summed E-state index contributed by atoms with van der Waals surface area (Å²) in [4.78, 5) is 8.71. The molecule has 0 amide bonds. The van der Waals surface area contributed by atoms with Gasteiger partial charge in [-0.15, -0.1) is 0 Å². The maximum absolute atomic E-state index is 6.33. The van der Waals surface area contributed by atoms with Crippen molar-refractivity contribution in [3.05, 3.63) is 54.5 Å². The molecule has 3 rings (SSSR count). The molecule has 132 valence electrons. The van der Waals surface area contributed by atoms with Gasteiger partial charge >= 0.3 is 0 Å². The average molecular weight is 338 g/mol. The fraction of sp³-hybridized carbons (Fsp3) is 0.263. The normalized spacial score (nSPS) is 9.12. The van der Waals surface area contributed by atoms with E-state index in [4.69, 9.17) is 5.41 Å². The van der Waals surface area contributed by atoms with Gasteiger partial charge in [-0.1, -0.05) is 39.0 Å². The molecule has 0 bridgehead atoms. The minimum atomic E-state index is 0.573. The van der Waals surface area contributed by atoms with E-state index in [1.165, 1.54) is 6.21 Å². The fourth-order valence-electron chi connectivity index (χ4n) is 1.83. The van der Waals surface area contributed by atoms with Gasteiger partial charge in [-0.2, -0.15) is 5.10 Å². The van der Waals surface area contributed by atoms with Gasteiger partial charge in [-0.25, -0.2) is 9.97 Å². The Kier molecular flexibility index (Phi) is 9.22. The fourth-order valence-corrected chi connectivity index (χ4v) is 1.83. The summed E-state index contributed by atoms with van der Waals surface area (Å²) in [6.07, 6.45) is 5.74. The monoisotopic (exact) mass is 338 g/mol. The minimum Gasteiger partial charge on any atom is -0.324 e. The molecule has 0 aliphatic rings. The highest BCUT2D eigenvalue weighted by molar-refractivity contribution is 5.63. The molecule has 6 heteroatoms. The van der Waals surface area contributed by atoms with E-state index >= 15 is 0 Å². The Hall–Kier alpha value is -3.02. The maximum atomic E-state index is 6.33. The summed E-state index contributed by atoms with van der Waals surface area (Å²) in [7, 11) is 0. The summed E-state index contributed by atoms with van der Waals surface area (Å²) in [5, 5.41) is 16.4. The summed E-state index contributed by atoms with van der Waals surface area (Å²) >= 11 is 0. The molecule has 2 heterocycles. The van der Waals surface area contributed by atoms with Gasteiger partial charge in [-0.05, 0) is 37.8 Å². The first-order valence-corrected chi connectivity index (χ1v) is 8.39. The third-order valence-electron chi connectivity index (χ3n) is 3.00. The van der Waals surface area contributed by atoms with Gasteiger partial charge in [0.15, 0.2) is 0 Å². The second-order valence-corrected chi connectivity index (χ2v) is 4.78. The van der Waals surface area contributed by atoms with Crippen LogP contribution in [-0.2, 0) is 0 Å². The van der Waals surface area contributed by atoms with E-state index in [1.807, 2.05) is 64.1 Å². The first-order valence-electron chi connectivity index (χ1n) is 8.39. The topological polar surface area (TPSA) is 90.3 Å². The van der Waals surface area contributed by atoms with Crippen molar-refractivity contribution in [2.45, 2.75) is 34.1 Å². The van der Waals surface area contributed by atoms with Gasteiger partial charge in [0.25, 0.3) is 0 Å². The number of H-pyrrole nitrogens is 1. The zero-order valence-electron chi connectivity index (χ0n) is 15.2. The van der Waals surface area contributed by atoms with Crippen LogP contribution in [0.25, 0.3) is 11.3 Å². The number of para-hydroxylation sites is 1. The van der Waals surface area contributed by atoms with Crippen LogP contribution in [0.2, 0.25) is 0 Å². The Balaban J connectivity index is 0.000000461. The largest absolute Gasteiger partial charge is 0.324 e. The van der Waals surface area contributed by atoms with Crippen molar-refractivity contribution in [1.82, 2.24) is 20.2 Å². The van der Waals surface area contributed by atoms with Crippen LogP contribution in [0.3, 0.4) is 0 Å². The highest BCUT2D eigenvalue weighted by Crippen LogP contribution is 2.20. The van der Waals surface area contributed by atoms with Crippen LogP contribution in [0.15, 0.2) is 48.8 Å². The van der Waals surface area contributed by atoms with Crippen molar-refractivity contribution in [3.63, 3.8) is 0 Å². The number of aromatic amines is 1. The zero-order chi connectivity index (χ0) is 18.5. The standard InChI is InChI=1S/C14H13N5.C3H7N.C2H6/c1-10-12(9-16-19-10)13-7-8-15-14(18-13)17-11-5-3-2-4-6-11;1-2-3-4;1-2/h2-9H,1H3,(H,16,19)(H,15,17,18);3-4H,2H2,1H3;1-2H3. The van der Waals surface area contributed by atoms with E-state index in [0.29, 0.717) is 5.95 Å². The molecule has 0 fully saturated rings. The Morgan fingerprint density at radius 1 is 1.16 bits per heavy atom. The summed E-state index contributed by atoms with van der Waals surface area (Å²) in [6.45, 7) is 7.90. The highest BCUT2D eigenvalue weighted by atomic mass is 15.1. The van der Waals surface area contributed by atoms with Gasteiger partial charge in [-0.3, -0.25) is 5.10 Å². The third kappa shape index (κ3) is 6.55. The van der Waals surface area contributed by atoms with Crippen LogP contribution >= 0.6 is 0 Å². The molecule has 1 aromatic carbocycles. The van der Waals surface area contributed by atoms with Gasteiger partial charge in [0, 0.05) is 23.1 Å². The van der Waals surface area contributed by atoms with Gasteiger partial charge in [0.05, 0.1) is 11.9 Å². The van der Waals surface area contributed by atoms with Crippen molar-refractivity contribution in [2.24, 2.45) is 0 Å². The van der Waals surface area contributed by atoms with Gasteiger partial charge < -0.3 is 10.7 Å². The first-order chi connectivity index (χ1) is 12.2. The second kappa shape index (κ2) is 11.5. The molecular formula is C19H26N6. The molecule has 0 unspecified atom stereocenters. The number of anilines is 2. The summed E-state index contributed by atoms with van der Waals surface area (Å²) < 4.78 is 0. The zero-order valence-corrected chi connectivity index (χ0v) is 15.2. The molecule has 25 heavy (non-hydrogen) atoms. The molecule has 0 saturated heterocycles. The smallest absolute Gasteiger partial charge is 0.227 e. The molecule has 0 spiro atoms. The number of hydrogen-bond donors (Lipinski definition) is 3. The molecular weight excluding hydrogens is 312 g/mol. The summed E-state index contributed by atoms with van der Waals surface area (Å²) in [5.74, 6) is 0.573. The van der Waals surface area contributed by atoms with Crippen LogP contribution in [0.1, 0.15) is 32.9 Å². The number of aromatic nitrogens is 4. The van der Waals surface area contributed by atoms with E-state index < -0.39 is 0 Å². The summed E-state index contributed by atoms with van der Waals surface area (Å²) in [5.41, 5.74) is 3.78. The third-order valence-corrected chi connectivity index (χ3v) is 3.00. The molecule has 0 aliphatic carbocycles. The van der Waals surface area contributed by atoms with Crippen molar-refractivity contribution >= 4 is 17.9 Å². The lowest BCUT2D eigenvalue weighted by molar-refractivity contribution is 1.05. The van der Waals surface area contributed by atoms with Crippen molar-refractivity contribution in [3.8, 4) is 11.3 Å². The molecule has 3 aromatic rings. The van der Waals surface area contributed by atoms with E-state index in [9.17, 15) is 0 Å². The number of aryl methyl sites for hydroxylation is 1. The van der Waals surface area contributed by atoms with Crippen LogP contribution in [0, 0.1) is 12.3 Å². The average Bonchev–Trinajstić information content (AvgIpc) is 3.11. The Bertz CT molecular complexity index is 736. The van der Waals surface area contributed by atoms with Crippen LogP contribution < -0.4 is 5.32 Å². The lowest BCUT2D eigenvalue weighted by Crippen LogP contribution is -1.97. The van der Waals surface area contributed by atoms with Crippen molar-refractivity contribution in [1.29, 1.82) is 5.41 Å². The van der Waals surface area contributed by atoms with Crippen LogP contribution in [0.4, 0.5) is 11.6 Å². The number of benzene rings is 1. The predicted molar refractivity (Wildman–Crippen MR) is 104 cm³/mol. The van der Waals surface area contributed by atoms with Crippen LogP contribution in [-0.4, -0.2) is 26.4 Å². The number of rotatable bonds is 4. The number of hydrogen-bond acceptors (Lipinski definition) is 5. The van der Waals surface area contributed by atoms with E-state index in [0.717, 1.165) is 29.1 Å². The number of nitrogens with one attached hydrogen (secondary N) is 3. The molecule has 3 N–H and O–H groups in total. The second-order valence-electron chi connectivity index (χ2n) is 4.78. The number of nitrogens with zero attached hydrogens (tertiary/aromatic N) is 3. The van der Waals surface area contributed by atoms with Crippen molar-refractivity contribution in [2.75, 3.05) is 5.32 Å². The van der Waals surface area contributed by atoms with Crippen molar-refractivity contribution < 1.29 is 0 Å². The summed E-state index contributed by atoms with van der Waals surface area (Å²) in [6, 6.07) is 11.7. The lowest BCUT2D eigenvalue weighted by atomic mass is 10.2. The Morgan fingerprint density at radius 2 is 1.84 bits per heavy atom. The van der Waals surface area contributed by atoms with Gasteiger partial charge in [0.2, 0.25) is 5.95 Å². The molecule has 0 aliphatic heterocycles. The molecule has 0 atom stereocenters. The Morgan fingerprint density at radius 3 is 2.40 bits per heavy atom. The van der Waals surface area contributed by atoms with E-state index in [1.54, 1.807) is 12.4 Å². The van der Waals surface area contributed by atoms with Crippen LogP contribution in [0.5, 0.6) is 0 Å². The molecule has 2 aromatic heterocycles.